The van der Waals surface area contributed by atoms with E-state index in [0.29, 0.717) is 25.7 Å². The quantitative estimate of drug-likeness (QED) is 0.0169. The van der Waals surface area contributed by atoms with Crippen LogP contribution in [0.1, 0.15) is 362 Å². The molecule has 0 aromatic heterocycles. The average Bonchev–Trinajstić information content (AvgIpc) is 1.24. The molecule has 0 bridgehead atoms. The van der Waals surface area contributed by atoms with Crippen molar-refractivity contribution in [3.8, 4) is 0 Å². The predicted molar refractivity (Wildman–Crippen MR) is 395 cm³/mol. The number of esters is 4. The highest BCUT2D eigenvalue weighted by Crippen LogP contribution is 2.45. The first-order chi connectivity index (χ1) is 47.0. The van der Waals surface area contributed by atoms with Crippen molar-refractivity contribution in [1.82, 2.24) is 0 Å². The molecule has 0 aromatic rings. The fourth-order valence-corrected chi connectivity index (χ4v) is 12.6. The number of aliphatic hydroxyl groups is 1. The summed E-state index contributed by atoms with van der Waals surface area (Å²) in [6, 6.07) is 0. The standard InChI is InChI=1S/C78H144O17P2/c1-6-9-12-15-18-21-24-26-28-32-37-42-47-52-57-62-76(81)89-68-74(95-78(83)64-59-54-49-44-39-34-30-31-36-40-45-50-55-60-71(4)5)70-93-97(86,87)91-66-72(79)65-90-96(84,85)92-69-73(67-88-75(80)61-56-51-46-41-35-23-20-17-14-11-8-3)94-77(82)63-58-53-48-43-38-33-29-27-25-22-19-16-13-10-7-2/h21-22,24-29,71-74,79H,6-20,23,30-70H2,1-5H3,(H,84,85)(H,86,87)/b24-21-,25-22-,28-26-,29-27-/t72-,73+,74+/m0/s1. The third-order valence-electron chi connectivity index (χ3n) is 17.0. The monoisotopic (exact) mass is 1410 g/mol. The Balaban J connectivity index is 5.33. The Kier molecular flexibility index (Phi) is 67.9. The molecule has 3 N–H and O–H groups in total. The van der Waals surface area contributed by atoms with E-state index in [1.54, 1.807) is 0 Å². The highest BCUT2D eigenvalue weighted by molar-refractivity contribution is 7.47. The second kappa shape index (κ2) is 70.1. The van der Waals surface area contributed by atoms with Crippen LogP contribution in [0.3, 0.4) is 0 Å². The zero-order valence-electron chi connectivity index (χ0n) is 62.2. The molecular formula is C78H144O17P2. The maximum atomic E-state index is 13.1. The summed E-state index contributed by atoms with van der Waals surface area (Å²) in [5.41, 5.74) is 0. The second-order valence-electron chi connectivity index (χ2n) is 27.2. The Morgan fingerprint density at radius 2 is 0.557 bits per heavy atom. The lowest BCUT2D eigenvalue weighted by Crippen LogP contribution is -2.30. The third-order valence-corrected chi connectivity index (χ3v) is 18.9. The number of hydrogen-bond donors (Lipinski definition) is 3. The molecule has 0 saturated heterocycles. The van der Waals surface area contributed by atoms with Gasteiger partial charge in [0.2, 0.25) is 0 Å². The van der Waals surface area contributed by atoms with Crippen LogP contribution in [-0.2, 0) is 65.4 Å². The summed E-state index contributed by atoms with van der Waals surface area (Å²) in [6.07, 6.45) is 65.3. The molecule has 0 aromatic carbocycles. The molecule has 97 heavy (non-hydrogen) atoms. The summed E-state index contributed by atoms with van der Waals surface area (Å²) in [5, 5.41) is 10.6. The van der Waals surface area contributed by atoms with E-state index in [1.807, 2.05) is 0 Å². The van der Waals surface area contributed by atoms with Gasteiger partial charge in [-0.2, -0.15) is 0 Å². The number of hydrogen-bond acceptors (Lipinski definition) is 15. The number of aliphatic hydroxyl groups excluding tert-OH is 1. The van der Waals surface area contributed by atoms with Crippen molar-refractivity contribution < 1.29 is 80.2 Å². The molecular weight excluding hydrogens is 1270 g/mol. The number of phosphoric ester groups is 2. The van der Waals surface area contributed by atoms with Gasteiger partial charge >= 0.3 is 39.5 Å². The summed E-state index contributed by atoms with van der Waals surface area (Å²) in [4.78, 5) is 72.9. The minimum atomic E-state index is -4.97. The largest absolute Gasteiger partial charge is 0.472 e. The van der Waals surface area contributed by atoms with Gasteiger partial charge in [0.25, 0.3) is 0 Å². The summed E-state index contributed by atoms with van der Waals surface area (Å²) in [7, 11) is -9.94. The topological polar surface area (TPSA) is 237 Å². The first-order valence-electron chi connectivity index (χ1n) is 39.3. The zero-order chi connectivity index (χ0) is 71.2. The number of carbonyl (C=O) groups excluding carboxylic acids is 4. The van der Waals surface area contributed by atoms with Crippen LogP contribution in [0, 0.1) is 5.92 Å². The normalized spacial score (nSPS) is 14.2. The number of rotatable bonds is 74. The van der Waals surface area contributed by atoms with Crippen LogP contribution in [0.15, 0.2) is 48.6 Å². The lowest BCUT2D eigenvalue weighted by atomic mass is 10.0. The van der Waals surface area contributed by atoms with Crippen molar-refractivity contribution in [3.63, 3.8) is 0 Å². The minimum Gasteiger partial charge on any atom is -0.462 e. The zero-order valence-corrected chi connectivity index (χ0v) is 64.0. The van der Waals surface area contributed by atoms with Crippen molar-refractivity contribution in [1.29, 1.82) is 0 Å². The molecule has 568 valence electrons. The predicted octanol–water partition coefficient (Wildman–Crippen LogP) is 22.4. The SMILES string of the molecule is CCCCCC/C=C\C=C/CCCCCCCC(=O)OC[C@H](COP(=O)(O)OC[C@@H](O)COP(=O)(O)OC[C@@H](COC(=O)CCCCCCCCCCCCC)OC(=O)CCCCCCC/C=C\C=C/CCCCCC)OC(=O)CCCCCCCCCCCCCCCC(C)C. The molecule has 0 aliphatic carbocycles. The van der Waals surface area contributed by atoms with E-state index in [1.165, 1.54) is 154 Å². The lowest BCUT2D eigenvalue weighted by Gasteiger charge is -2.21. The van der Waals surface area contributed by atoms with Gasteiger partial charge in [0.15, 0.2) is 12.2 Å². The summed E-state index contributed by atoms with van der Waals surface area (Å²) in [5.74, 6) is -1.39. The number of unbranched alkanes of at least 4 members (excludes halogenated alkanes) is 40. The van der Waals surface area contributed by atoms with E-state index < -0.39 is 97.5 Å². The molecule has 0 amide bonds. The van der Waals surface area contributed by atoms with Gasteiger partial charge < -0.3 is 33.8 Å². The van der Waals surface area contributed by atoms with Gasteiger partial charge in [-0.3, -0.25) is 37.3 Å². The Bertz CT molecular complexity index is 2050. The van der Waals surface area contributed by atoms with Crippen LogP contribution < -0.4 is 0 Å². The molecule has 17 nitrogen and oxygen atoms in total. The van der Waals surface area contributed by atoms with Gasteiger partial charge in [-0.25, -0.2) is 9.13 Å². The number of phosphoric acid groups is 2. The maximum Gasteiger partial charge on any atom is 0.472 e. The lowest BCUT2D eigenvalue weighted by molar-refractivity contribution is -0.161. The van der Waals surface area contributed by atoms with Crippen molar-refractivity contribution >= 4 is 39.5 Å². The Labute approximate surface area is 591 Å². The number of ether oxygens (including phenoxy) is 4. The smallest absolute Gasteiger partial charge is 0.462 e. The van der Waals surface area contributed by atoms with E-state index in [0.717, 1.165) is 128 Å². The molecule has 0 fully saturated rings. The Morgan fingerprint density at radius 1 is 0.320 bits per heavy atom. The molecule has 0 radical (unpaired) electrons. The summed E-state index contributed by atoms with van der Waals surface area (Å²) >= 11 is 0. The molecule has 0 heterocycles. The van der Waals surface area contributed by atoms with Gasteiger partial charge in [0.1, 0.15) is 19.3 Å². The van der Waals surface area contributed by atoms with Gasteiger partial charge in [-0.1, -0.05) is 308 Å². The van der Waals surface area contributed by atoms with Gasteiger partial charge in [0, 0.05) is 25.7 Å². The van der Waals surface area contributed by atoms with Gasteiger partial charge in [-0.05, 0) is 83.0 Å². The van der Waals surface area contributed by atoms with E-state index in [9.17, 15) is 43.2 Å². The Hall–Kier alpha value is -2.98. The highest BCUT2D eigenvalue weighted by Gasteiger charge is 2.30. The molecule has 0 saturated carbocycles. The number of allylic oxidation sites excluding steroid dienone is 8. The number of carbonyl (C=O) groups is 4. The minimum absolute atomic E-state index is 0.0831. The van der Waals surface area contributed by atoms with Crippen LogP contribution >= 0.6 is 15.6 Å². The molecule has 2 unspecified atom stereocenters. The third kappa shape index (κ3) is 71.2. The fraction of sp³-hybridized carbons (Fsp3) is 0.846. The highest BCUT2D eigenvalue weighted by atomic mass is 31.2. The first-order valence-corrected chi connectivity index (χ1v) is 42.3. The second-order valence-corrected chi connectivity index (χ2v) is 30.1. The van der Waals surface area contributed by atoms with Crippen molar-refractivity contribution in [2.75, 3.05) is 39.6 Å². The van der Waals surface area contributed by atoms with Crippen molar-refractivity contribution in [2.24, 2.45) is 5.92 Å². The van der Waals surface area contributed by atoms with Crippen LogP contribution in [0.2, 0.25) is 0 Å². The van der Waals surface area contributed by atoms with E-state index in [4.69, 9.17) is 37.0 Å². The van der Waals surface area contributed by atoms with Crippen LogP contribution in [0.5, 0.6) is 0 Å². The molecule has 0 rings (SSSR count). The van der Waals surface area contributed by atoms with E-state index in [2.05, 4.69) is 83.2 Å². The molecule has 5 atom stereocenters. The van der Waals surface area contributed by atoms with Crippen molar-refractivity contribution in [3.05, 3.63) is 48.6 Å². The molecule has 19 heteroatoms. The average molecular weight is 1420 g/mol. The van der Waals surface area contributed by atoms with Crippen LogP contribution in [0.4, 0.5) is 0 Å². The molecule has 0 spiro atoms. The molecule has 0 aliphatic rings. The Morgan fingerprint density at radius 3 is 0.845 bits per heavy atom. The van der Waals surface area contributed by atoms with Crippen molar-refractivity contribution in [2.45, 2.75) is 380 Å². The van der Waals surface area contributed by atoms with Crippen LogP contribution in [0.25, 0.3) is 0 Å². The summed E-state index contributed by atoms with van der Waals surface area (Å²) < 4.78 is 68.5. The summed E-state index contributed by atoms with van der Waals surface area (Å²) in [6.45, 7) is 7.18. The van der Waals surface area contributed by atoms with E-state index >= 15 is 0 Å². The maximum absolute atomic E-state index is 13.1. The fourth-order valence-electron chi connectivity index (χ4n) is 11.0. The van der Waals surface area contributed by atoms with Gasteiger partial charge in [0.05, 0.1) is 26.4 Å². The molecule has 0 aliphatic heterocycles. The van der Waals surface area contributed by atoms with Crippen LogP contribution in [-0.4, -0.2) is 96.7 Å². The van der Waals surface area contributed by atoms with Gasteiger partial charge in [-0.15, -0.1) is 0 Å². The van der Waals surface area contributed by atoms with E-state index in [-0.39, 0.29) is 25.7 Å². The first kappa shape index (κ1) is 94.0.